The number of rotatable bonds is 3. The molecule has 0 bridgehead atoms. The molecule has 0 fully saturated rings. The third kappa shape index (κ3) is 3.00. The molecule has 0 saturated carbocycles. The highest BCUT2D eigenvalue weighted by Gasteiger charge is 2.11. The minimum Gasteiger partial charge on any atom is -0.379 e. The summed E-state index contributed by atoms with van der Waals surface area (Å²) < 4.78 is 1.19. The van der Waals surface area contributed by atoms with E-state index >= 15 is 0 Å². The van der Waals surface area contributed by atoms with Crippen molar-refractivity contribution in [3.8, 4) is 0 Å². The highest BCUT2D eigenvalue weighted by atomic mass is 35.5. The zero-order valence-corrected chi connectivity index (χ0v) is 14.3. The first kappa shape index (κ1) is 15.0. The fraction of sp³-hybridized carbons (Fsp3) is 0.125. The van der Waals surface area contributed by atoms with Crippen LogP contribution in [-0.2, 0) is 6.54 Å². The van der Waals surface area contributed by atoms with Gasteiger partial charge in [-0.2, -0.15) is 0 Å². The van der Waals surface area contributed by atoms with Gasteiger partial charge in [-0.25, -0.2) is 0 Å². The molecule has 2 aromatic carbocycles. The molecule has 0 radical (unpaired) electrons. The lowest BCUT2D eigenvalue weighted by atomic mass is 10.2. The van der Waals surface area contributed by atoms with Crippen molar-refractivity contribution in [3.05, 3.63) is 61.9 Å². The Morgan fingerprint density at radius 3 is 2.57 bits per heavy atom. The first-order chi connectivity index (χ1) is 10.1. The molecule has 1 nitrogen and oxygen atoms in total. The van der Waals surface area contributed by atoms with Crippen molar-refractivity contribution in [3.63, 3.8) is 0 Å². The third-order valence-electron chi connectivity index (χ3n) is 3.29. The fourth-order valence-electron chi connectivity index (χ4n) is 2.14. The summed E-state index contributed by atoms with van der Waals surface area (Å²) in [6, 6.07) is 11.8. The van der Waals surface area contributed by atoms with E-state index in [0.717, 1.165) is 26.5 Å². The van der Waals surface area contributed by atoms with Gasteiger partial charge >= 0.3 is 0 Å². The second kappa shape index (κ2) is 6.05. The van der Waals surface area contributed by atoms with Crippen molar-refractivity contribution in [1.29, 1.82) is 0 Å². The lowest BCUT2D eigenvalue weighted by Crippen LogP contribution is -1.99. The fourth-order valence-corrected chi connectivity index (χ4v) is 4.02. The normalized spacial score (nSPS) is 11.0. The van der Waals surface area contributed by atoms with Crippen molar-refractivity contribution in [2.24, 2.45) is 0 Å². The molecule has 0 spiro atoms. The first-order valence-electron chi connectivity index (χ1n) is 6.41. The number of benzene rings is 2. The van der Waals surface area contributed by atoms with E-state index in [9.17, 15) is 0 Å². The Balaban J connectivity index is 1.87. The number of thiophene rings is 1. The van der Waals surface area contributed by atoms with Gasteiger partial charge in [0.1, 0.15) is 0 Å². The largest absolute Gasteiger partial charge is 0.379 e. The number of fused-ring (bicyclic) bond motifs is 1. The van der Waals surface area contributed by atoms with E-state index in [4.69, 9.17) is 34.8 Å². The SMILES string of the molecule is Cc1cc(Cl)c(NCc2sc3ccccc3c2Cl)cc1Cl. The molecule has 0 aliphatic rings. The third-order valence-corrected chi connectivity index (χ3v) is 5.72. The Hall–Kier alpha value is -0.930. The van der Waals surface area contributed by atoms with E-state index < -0.39 is 0 Å². The van der Waals surface area contributed by atoms with Crippen LogP contribution in [0.2, 0.25) is 15.1 Å². The summed E-state index contributed by atoms with van der Waals surface area (Å²) in [5.41, 5.74) is 1.79. The molecule has 5 heteroatoms. The van der Waals surface area contributed by atoms with Crippen LogP contribution < -0.4 is 5.32 Å². The molecule has 0 atom stereocenters. The van der Waals surface area contributed by atoms with Crippen molar-refractivity contribution in [2.75, 3.05) is 5.32 Å². The molecule has 0 saturated heterocycles. The summed E-state index contributed by atoms with van der Waals surface area (Å²) in [5, 5.41) is 6.56. The van der Waals surface area contributed by atoms with Crippen molar-refractivity contribution < 1.29 is 0 Å². The number of hydrogen-bond donors (Lipinski definition) is 1. The average molecular weight is 357 g/mol. The Morgan fingerprint density at radius 2 is 1.81 bits per heavy atom. The molecular formula is C16H12Cl3NS. The van der Waals surface area contributed by atoms with E-state index in [2.05, 4.69) is 11.4 Å². The quantitative estimate of drug-likeness (QED) is 0.545. The monoisotopic (exact) mass is 355 g/mol. The van der Waals surface area contributed by atoms with Crippen LogP contribution in [0.5, 0.6) is 0 Å². The van der Waals surface area contributed by atoms with E-state index in [1.807, 2.05) is 37.3 Å². The smallest absolute Gasteiger partial charge is 0.0642 e. The molecule has 21 heavy (non-hydrogen) atoms. The van der Waals surface area contributed by atoms with Gasteiger partial charge in [0.05, 0.1) is 22.3 Å². The summed E-state index contributed by atoms with van der Waals surface area (Å²) in [5.74, 6) is 0. The zero-order chi connectivity index (χ0) is 15.0. The Kier molecular flexibility index (Phi) is 4.32. The summed E-state index contributed by atoms with van der Waals surface area (Å²) in [6.45, 7) is 2.55. The molecule has 0 aliphatic carbocycles. The minimum atomic E-state index is 0.622. The van der Waals surface area contributed by atoms with Crippen LogP contribution in [0, 0.1) is 6.92 Å². The number of hydrogen-bond acceptors (Lipinski definition) is 2. The molecule has 1 N–H and O–H groups in total. The van der Waals surface area contributed by atoms with E-state index in [1.165, 1.54) is 4.70 Å². The van der Waals surface area contributed by atoms with Crippen LogP contribution in [0.15, 0.2) is 36.4 Å². The van der Waals surface area contributed by atoms with Crippen LogP contribution in [0.4, 0.5) is 5.69 Å². The van der Waals surface area contributed by atoms with Crippen molar-refractivity contribution in [1.82, 2.24) is 0 Å². The summed E-state index contributed by atoms with van der Waals surface area (Å²) in [7, 11) is 0. The molecule has 1 heterocycles. The van der Waals surface area contributed by atoms with Gasteiger partial charge in [-0.1, -0.05) is 53.0 Å². The Labute approximate surface area is 142 Å². The summed E-state index contributed by atoms with van der Waals surface area (Å²) >= 11 is 20.5. The van der Waals surface area contributed by atoms with Gasteiger partial charge in [0, 0.05) is 20.0 Å². The lowest BCUT2D eigenvalue weighted by Gasteiger charge is -2.09. The van der Waals surface area contributed by atoms with E-state index in [1.54, 1.807) is 11.3 Å². The highest BCUT2D eigenvalue weighted by molar-refractivity contribution is 7.19. The number of halogens is 3. The van der Waals surface area contributed by atoms with E-state index in [0.29, 0.717) is 16.6 Å². The minimum absolute atomic E-state index is 0.622. The van der Waals surface area contributed by atoms with Gasteiger partial charge in [0.2, 0.25) is 0 Å². The van der Waals surface area contributed by atoms with Gasteiger partial charge in [-0.15, -0.1) is 11.3 Å². The molecule has 0 aliphatic heterocycles. The van der Waals surface area contributed by atoms with Crippen molar-refractivity contribution >= 4 is 61.9 Å². The second-order valence-electron chi connectivity index (χ2n) is 4.77. The van der Waals surface area contributed by atoms with Crippen LogP contribution in [0.3, 0.4) is 0 Å². The number of anilines is 1. The Morgan fingerprint density at radius 1 is 1.05 bits per heavy atom. The lowest BCUT2D eigenvalue weighted by molar-refractivity contribution is 1.19. The summed E-state index contributed by atoms with van der Waals surface area (Å²) in [4.78, 5) is 1.09. The van der Waals surface area contributed by atoms with Gasteiger partial charge in [0.25, 0.3) is 0 Å². The molecule has 0 unspecified atom stereocenters. The zero-order valence-electron chi connectivity index (χ0n) is 11.2. The van der Waals surface area contributed by atoms with Gasteiger partial charge in [-0.05, 0) is 30.7 Å². The van der Waals surface area contributed by atoms with Gasteiger partial charge in [-0.3, -0.25) is 0 Å². The summed E-state index contributed by atoms with van der Waals surface area (Å²) in [6.07, 6.45) is 0. The van der Waals surface area contributed by atoms with Crippen LogP contribution >= 0.6 is 46.1 Å². The molecule has 3 aromatic rings. The highest BCUT2D eigenvalue weighted by Crippen LogP contribution is 2.36. The molecular weight excluding hydrogens is 345 g/mol. The van der Waals surface area contributed by atoms with Crippen LogP contribution in [0.1, 0.15) is 10.4 Å². The predicted octanol–water partition coefficient (Wildman–Crippen LogP) is 6.78. The van der Waals surface area contributed by atoms with Crippen LogP contribution in [0.25, 0.3) is 10.1 Å². The standard InChI is InChI=1S/C16H12Cl3NS/c1-9-6-12(18)13(7-11(9)17)20-8-15-16(19)10-4-2-3-5-14(10)21-15/h2-7,20H,8H2,1H3. The van der Waals surface area contributed by atoms with E-state index in [-0.39, 0.29) is 0 Å². The molecule has 1 aromatic heterocycles. The number of nitrogens with one attached hydrogen (secondary N) is 1. The van der Waals surface area contributed by atoms with Crippen molar-refractivity contribution in [2.45, 2.75) is 13.5 Å². The molecule has 3 rings (SSSR count). The maximum Gasteiger partial charge on any atom is 0.0642 e. The predicted molar refractivity (Wildman–Crippen MR) is 95.4 cm³/mol. The van der Waals surface area contributed by atoms with Gasteiger partial charge < -0.3 is 5.32 Å². The maximum atomic E-state index is 6.43. The second-order valence-corrected chi connectivity index (χ2v) is 7.10. The Bertz CT molecular complexity index is 811. The molecule has 108 valence electrons. The average Bonchev–Trinajstić information content (AvgIpc) is 2.79. The topological polar surface area (TPSA) is 12.0 Å². The number of aryl methyl sites for hydroxylation is 1. The van der Waals surface area contributed by atoms with Gasteiger partial charge in [0.15, 0.2) is 0 Å². The van der Waals surface area contributed by atoms with Crippen LogP contribution in [-0.4, -0.2) is 0 Å². The maximum absolute atomic E-state index is 6.43. The molecule has 0 amide bonds. The first-order valence-corrected chi connectivity index (χ1v) is 8.36.